The lowest BCUT2D eigenvalue weighted by atomic mass is 9.50. The van der Waals surface area contributed by atoms with E-state index in [1.807, 2.05) is 6.92 Å². The summed E-state index contributed by atoms with van der Waals surface area (Å²) in [5, 5.41) is 1.19. The normalized spacial score (nSPS) is 29.6. The van der Waals surface area contributed by atoms with Gasteiger partial charge in [0.15, 0.2) is 0 Å². The Morgan fingerprint density at radius 3 is 2.21 bits per heavy atom. The molecule has 1 amide bonds. The summed E-state index contributed by atoms with van der Waals surface area (Å²) < 4.78 is 0. The predicted octanol–water partition coefficient (Wildman–Crippen LogP) is 1.01. The fraction of sp³-hybridized carbons (Fsp3) is 0.800. The van der Waals surface area contributed by atoms with Gasteiger partial charge in [0, 0.05) is 18.9 Å². The maximum absolute atomic E-state index is 11.9. The molecule has 80 valence electrons. The molecule has 4 nitrogen and oxygen atoms in total. The van der Waals surface area contributed by atoms with Crippen LogP contribution in [-0.4, -0.2) is 30.9 Å². The van der Waals surface area contributed by atoms with Crippen LogP contribution in [0.25, 0.3) is 0 Å². The summed E-state index contributed by atoms with van der Waals surface area (Å²) >= 11 is 0. The summed E-state index contributed by atoms with van der Waals surface area (Å²) in [5.41, 5.74) is -1.19. The summed E-state index contributed by atoms with van der Waals surface area (Å²) in [7, 11) is 3.00. The van der Waals surface area contributed by atoms with Crippen molar-refractivity contribution in [2.45, 2.75) is 27.2 Å². The fourth-order valence-corrected chi connectivity index (χ4v) is 1.74. The summed E-state index contributed by atoms with van der Waals surface area (Å²) in [6.45, 7) is 5.42. The Kier molecular flexibility index (Phi) is 2.44. The summed E-state index contributed by atoms with van der Waals surface area (Å²) in [6.07, 6.45) is 0.312. The second kappa shape index (κ2) is 3.05. The van der Waals surface area contributed by atoms with E-state index in [0.717, 1.165) is 0 Å². The van der Waals surface area contributed by atoms with Crippen LogP contribution in [0.4, 0.5) is 0 Å². The highest BCUT2D eigenvalue weighted by molar-refractivity contribution is 6.03. The van der Waals surface area contributed by atoms with Gasteiger partial charge < -0.3 is 0 Å². The van der Waals surface area contributed by atoms with Crippen LogP contribution in [0, 0.1) is 10.8 Å². The lowest BCUT2D eigenvalue weighted by Crippen LogP contribution is -2.61. The van der Waals surface area contributed by atoms with Crippen molar-refractivity contribution in [3.8, 4) is 0 Å². The summed E-state index contributed by atoms with van der Waals surface area (Å²) in [6, 6.07) is 0. The Morgan fingerprint density at radius 1 is 1.43 bits per heavy atom. The van der Waals surface area contributed by atoms with E-state index in [1.165, 1.54) is 12.2 Å². The van der Waals surface area contributed by atoms with Gasteiger partial charge in [-0.25, -0.2) is 5.06 Å². The molecule has 1 saturated carbocycles. The zero-order valence-corrected chi connectivity index (χ0v) is 9.38. The Hall–Kier alpha value is -0.900. The smallest absolute Gasteiger partial charge is 0.253 e. The first-order valence-corrected chi connectivity index (χ1v) is 4.63. The van der Waals surface area contributed by atoms with Gasteiger partial charge in [-0.05, 0) is 6.92 Å². The quantitative estimate of drug-likeness (QED) is 0.623. The van der Waals surface area contributed by atoms with Gasteiger partial charge in [-0.1, -0.05) is 13.8 Å². The second-order valence-corrected chi connectivity index (χ2v) is 4.54. The molecule has 14 heavy (non-hydrogen) atoms. The van der Waals surface area contributed by atoms with Gasteiger partial charge in [-0.2, -0.15) is 0 Å². The molecule has 0 aromatic rings. The van der Waals surface area contributed by atoms with E-state index >= 15 is 0 Å². The molecular weight excluding hydrogens is 182 g/mol. The maximum Gasteiger partial charge on any atom is 0.253 e. The van der Waals surface area contributed by atoms with Gasteiger partial charge in [0.1, 0.15) is 5.78 Å². The topological polar surface area (TPSA) is 46.6 Å². The van der Waals surface area contributed by atoms with Crippen LogP contribution in [0.3, 0.4) is 0 Å². The monoisotopic (exact) mass is 199 g/mol. The highest BCUT2D eigenvalue weighted by Crippen LogP contribution is 2.54. The van der Waals surface area contributed by atoms with Gasteiger partial charge in [0.05, 0.1) is 12.5 Å². The number of carbonyl (C=O) groups is 2. The molecule has 1 rings (SSSR count). The number of ketones is 1. The average Bonchev–Trinajstić information content (AvgIpc) is 2.15. The molecule has 0 bridgehead atoms. The largest absolute Gasteiger partial charge is 0.299 e. The minimum absolute atomic E-state index is 0.135. The molecule has 0 aliphatic heterocycles. The molecular formula is C10H17NO3. The molecule has 1 atom stereocenters. The molecule has 0 aromatic carbocycles. The molecule has 4 heteroatoms. The molecule has 1 fully saturated rings. The molecule has 0 aromatic heterocycles. The second-order valence-electron chi connectivity index (χ2n) is 4.54. The van der Waals surface area contributed by atoms with Crippen molar-refractivity contribution in [3.63, 3.8) is 0 Å². The van der Waals surface area contributed by atoms with Crippen LogP contribution in [0.5, 0.6) is 0 Å². The molecule has 0 spiro atoms. The van der Waals surface area contributed by atoms with Crippen molar-refractivity contribution in [2.75, 3.05) is 14.2 Å². The minimum Gasteiger partial charge on any atom is -0.299 e. The molecule has 0 radical (unpaired) electrons. The van der Waals surface area contributed by atoms with Crippen molar-refractivity contribution in [1.82, 2.24) is 5.06 Å². The van der Waals surface area contributed by atoms with E-state index in [0.29, 0.717) is 6.42 Å². The first-order chi connectivity index (χ1) is 6.27. The maximum atomic E-state index is 11.9. The Morgan fingerprint density at radius 2 is 1.93 bits per heavy atom. The van der Waals surface area contributed by atoms with Crippen LogP contribution in [-0.2, 0) is 14.4 Å². The number of nitrogens with zero attached hydrogens (tertiary/aromatic N) is 1. The zero-order chi connectivity index (χ0) is 11.1. The minimum atomic E-state index is -0.616. The number of Topliss-reactive ketones (excluding diaryl/α,β-unsaturated/α-hetero) is 1. The van der Waals surface area contributed by atoms with E-state index in [2.05, 4.69) is 0 Å². The van der Waals surface area contributed by atoms with E-state index < -0.39 is 10.8 Å². The molecule has 0 heterocycles. The van der Waals surface area contributed by atoms with Gasteiger partial charge in [-0.3, -0.25) is 14.4 Å². The number of amides is 1. The van der Waals surface area contributed by atoms with Gasteiger partial charge in [0.2, 0.25) is 0 Å². The third-order valence-electron chi connectivity index (χ3n) is 3.62. The number of hydrogen-bond donors (Lipinski definition) is 0. The van der Waals surface area contributed by atoms with Gasteiger partial charge in [0.25, 0.3) is 5.91 Å². The Balaban J connectivity index is 2.89. The van der Waals surface area contributed by atoms with Crippen molar-refractivity contribution in [2.24, 2.45) is 10.8 Å². The first-order valence-electron chi connectivity index (χ1n) is 4.63. The molecule has 0 N–H and O–H groups in total. The van der Waals surface area contributed by atoms with Crippen LogP contribution in [0.15, 0.2) is 0 Å². The molecule has 1 aliphatic carbocycles. The predicted molar refractivity (Wildman–Crippen MR) is 51.3 cm³/mol. The zero-order valence-electron chi connectivity index (χ0n) is 9.38. The highest BCUT2D eigenvalue weighted by Gasteiger charge is 2.62. The SMILES string of the molecule is CON(C)C(=O)C1(C)CC(=O)C1(C)C. The lowest BCUT2D eigenvalue weighted by Gasteiger charge is -2.51. The van der Waals surface area contributed by atoms with Crippen molar-refractivity contribution in [3.05, 3.63) is 0 Å². The van der Waals surface area contributed by atoms with E-state index in [4.69, 9.17) is 4.84 Å². The van der Waals surface area contributed by atoms with E-state index in [-0.39, 0.29) is 11.7 Å². The van der Waals surface area contributed by atoms with Crippen LogP contribution >= 0.6 is 0 Å². The van der Waals surface area contributed by atoms with Crippen LogP contribution < -0.4 is 0 Å². The Labute approximate surface area is 84.2 Å². The van der Waals surface area contributed by atoms with E-state index in [1.54, 1.807) is 20.9 Å². The van der Waals surface area contributed by atoms with Crippen LogP contribution in [0.1, 0.15) is 27.2 Å². The third-order valence-corrected chi connectivity index (χ3v) is 3.62. The Bertz CT molecular complexity index is 285. The van der Waals surface area contributed by atoms with Crippen molar-refractivity contribution < 1.29 is 14.4 Å². The van der Waals surface area contributed by atoms with Crippen LogP contribution in [0.2, 0.25) is 0 Å². The average molecular weight is 199 g/mol. The van der Waals surface area contributed by atoms with E-state index in [9.17, 15) is 9.59 Å². The number of hydroxylamine groups is 2. The molecule has 0 saturated heterocycles. The van der Waals surface area contributed by atoms with Gasteiger partial charge in [-0.15, -0.1) is 0 Å². The molecule has 1 aliphatic rings. The first kappa shape index (κ1) is 11.2. The number of rotatable bonds is 2. The lowest BCUT2D eigenvalue weighted by molar-refractivity contribution is -0.197. The summed E-state index contributed by atoms with van der Waals surface area (Å²) in [5.74, 6) is 0.00227. The third kappa shape index (κ3) is 1.17. The summed E-state index contributed by atoms with van der Waals surface area (Å²) in [4.78, 5) is 28.1. The van der Waals surface area contributed by atoms with Gasteiger partial charge >= 0.3 is 0 Å². The standard InChI is InChI=1S/C10H17NO3/c1-9(2)7(12)6-10(9,3)8(13)11(4)14-5/h6H2,1-5H3. The highest BCUT2D eigenvalue weighted by atomic mass is 16.7. The van der Waals surface area contributed by atoms with Crippen molar-refractivity contribution >= 4 is 11.7 Å². The number of carbonyl (C=O) groups excluding carboxylic acids is 2. The molecule has 1 unspecified atom stereocenters. The fourth-order valence-electron chi connectivity index (χ4n) is 1.74. The number of hydrogen-bond acceptors (Lipinski definition) is 3. The van der Waals surface area contributed by atoms with Crippen molar-refractivity contribution in [1.29, 1.82) is 0 Å².